The van der Waals surface area contributed by atoms with Crippen LogP contribution in [-0.2, 0) is 37.3 Å². The SMILES string of the molecule is Fc1ccc([C@]2(CCNC3Cc4ccccc4C3)CCOC3(CCOCC3)C2)nc1.O=C(O)[C@H](O)[C@@H](O)C(=O)O. The number of carboxylic acids is 2. The number of nitrogens with zero attached hydrogens (tertiary/aromatic N) is 1. The molecule has 2 fully saturated rings. The molecule has 1 aromatic heterocycles. The highest BCUT2D eigenvalue weighted by atomic mass is 19.1. The standard InChI is InChI=1S/C25H31FN2O2.C4H6O6/c26-21-5-6-23(28-17-21)24(8-14-30-25(18-24)9-12-29-13-10-25)7-11-27-22-15-19-3-1-2-4-20(19)16-22;5-1(3(7)8)2(6)4(9)10/h1-6,17,22,27H,7-16,18H2;1-2,5-6H,(H,7,8)(H,9,10)/t24-;1-,2-/m11/s1. The fourth-order valence-corrected chi connectivity index (χ4v) is 6.02. The highest BCUT2D eigenvalue weighted by Crippen LogP contribution is 2.47. The Morgan fingerprint density at radius 3 is 2.15 bits per heavy atom. The monoisotopic (exact) mass is 560 g/mol. The van der Waals surface area contributed by atoms with E-state index in [0.29, 0.717) is 6.04 Å². The average molecular weight is 561 g/mol. The summed E-state index contributed by atoms with van der Waals surface area (Å²) in [6.45, 7) is 3.18. The van der Waals surface area contributed by atoms with Gasteiger partial charge in [0.1, 0.15) is 5.82 Å². The number of aliphatic carboxylic acids is 2. The van der Waals surface area contributed by atoms with Crippen LogP contribution in [-0.4, -0.2) is 87.6 Å². The molecule has 3 aliphatic rings. The Bertz CT molecular complexity index is 1110. The summed E-state index contributed by atoms with van der Waals surface area (Å²) >= 11 is 0. The summed E-state index contributed by atoms with van der Waals surface area (Å²) in [5.41, 5.74) is 3.74. The van der Waals surface area contributed by atoms with Crippen LogP contribution in [0.25, 0.3) is 0 Å². The number of halogens is 1. The number of benzene rings is 1. The van der Waals surface area contributed by atoms with Crippen molar-refractivity contribution < 1.29 is 43.9 Å². The minimum Gasteiger partial charge on any atom is -0.479 e. The molecule has 2 aromatic rings. The first kappa shape index (κ1) is 30.0. The molecule has 3 heterocycles. The number of fused-ring (bicyclic) bond motifs is 1. The molecule has 3 atom stereocenters. The maximum Gasteiger partial charge on any atom is 0.335 e. The predicted molar refractivity (Wildman–Crippen MR) is 141 cm³/mol. The number of ether oxygens (including phenoxy) is 2. The van der Waals surface area contributed by atoms with Gasteiger partial charge in [0, 0.05) is 37.0 Å². The van der Waals surface area contributed by atoms with Crippen LogP contribution in [0.3, 0.4) is 0 Å². The number of aromatic nitrogens is 1. The van der Waals surface area contributed by atoms with Crippen molar-refractivity contribution in [3.05, 3.63) is 65.2 Å². The molecule has 0 bridgehead atoms. The van der Waals surface area contributed by atoms with Gasteiger partial charge in [-0.05, 0) is 74.8 Å². The van der Waals surface area contributed by atoms with E-state index in [9.17, 15) is 14.0 Å². The molecule has 1 aliphatic carbocycles. The normalized spacial score (nSPS) is 23.5. The van der Waals surface area contributed by atoms with E-state index in [4.69, 9.17) is 29.9 Å². The zero-order valence-corrected chi connectivity index (χ0v) is 22.3. The van der Waals surface area contributed by atoms with Crippen LogP contribution in [0, 0.1) is 5.82 Å². The molecule has 0 saturated carbocycles. The van der Waals surface area contributed by atoms with Crippen molar-refractivity contribution in [2.75, 3.05) is 26.4 Å². The van der Waals surface area contributed by atoms with E-state index in [1.54, 1.807) is 6.07 Å². The molecule has 40 heavy (non-hydrogen) atoms. The van der Waals surface area contributed by atoms with E-state index in [0.717, 1.165) is 77.0 Å². The fourth-order valence-electron chi connectivity index (χ4n) is 6.02. The van der Waals surface area contributed by atoms with Crippen LogP contribution in [0.4, 0.5) is 4.39 Å². The molecule has 10 nitrogen and oxygen atoms in total. The van der Waals surface area contributed by atoms with Gasteiger partial charge in [-0.2, -0.15) is 0 Å². The van der Waals surface area contributed by atoms with Gasteiger partial charge in [0.2, 0.25) is 0 Å². The average Bonchev–Trinajstić information content (AvgIpc) is 3.36. The number of carboxylic acid groups (broad SMARTS) is 2. The van der Waals surface area contributed by atoms with E-state index in [1.807, 2.05) is 6.07 Å². The van der Waals surface area contributed by atoms with Crippen LogP contribution in [0.5, 0.6) is 0 Å². The Kier molecular flexibility index (Phi) is 9.85. The zero-order valence-electron chi connectivity index (χ0n) is 22.3. The predicted octanol–water partition coefficient (Wildman–Crippen LogP) is 1.84. The van der Waals surface area contributed by atoms with E-state index in [-0.39, 0.29) is 16.8 Å². The third kappa shape index (κ3) is 7.21. The minimum atomic E-state index is -2.27. The lowest BCUT2D eigenvalue weighted by molar-refractivity contribution is -0.165. The van der Waals surface area contributed by atoms with Crippen LogP contribution < -0.4 is 5.32 Å². The van der Waals surface area contributed by atoms with Gasteiger partial charge in [0.15, 0.2) is 12.2 Å². The highest BCUT2D eigenvalue weighted by molar-refractivity contribution is 5.83. The van der Waals surface area contributed by atoms with Crippen molar-refractivity contribution in [2.45, 2.75) is 74.2 Å². The molecule has 0 amide bonds. The van der Waals surface area contributed by atoms with Crippen molar-refractivity contribution in [1.82, 2.24) is 10.3 Å². The van der Waals surface area contributed by atoms with Gasteiger partial charge < -0.3 is 35.2 Å². The lowest BCUT2D eigenvalue weighted by atomic mass is 9.66. The van der Waals surface area contributed by atoms with Gasteiger partial charge in [0.25, 0.3) is 0 Å². The molecular weight excluding hydrogens is 523 g/mol. The van der Waals surface area contributed by atoms with Crippen molar-refractivity contribution in [3.63, 3.8) is 0 Å². The van der Waals surface area contributed by atoms with Crippen LogP contribution in [0.1, 0.15) is 48.9 Å². The van der Waals surface area contributed by atoms with Gasteiger partial charge in [0.05, 0.1) is 11.8 Å². The number of hydrogen-bond acceptors (Lipinski definition) is 8. The van der Waals surface area contributed by atoms with Crippen molar-refractivity contribution >= 4 is 11.9 Å². The lowest BCUT2D eigenvalue weighted by Crippen LogP contribution is -2.51. The first-order chi connectivity index (χ1) is 19.1. The van der Waals surface area contributed by atoms with Crippen LogP contribution in [0.2, 0.25) is 0 Å². The molecule has 5 N–H and O–H groups in total. The molecule has 2 aliphatic heterocycles. The molecule has 2 saturated heterocycles. The summed E-state index contributed by atoms with van der Waals surface area (Å²) < 4.78 is 25.5. The van der Waals surface area contributed by atoms with Crippen molar-refractivity contribution in [1.29, 1.82) is 0 Å². The summed E-state index contributed by atoms with van der Waals surface area (Å²) in [5, 5.41) is 36.3. The van der Waals surface area contributed by atoms with Gasteiger partial charge in [-0.3, -0.25) is 4.98 Å². The highest BCUT2D eigenvalue weighted by Gasteiger charge is 2.48. The third-order valence-electron chi connectivity index (χ3n) is 8.22. The summed E-state index contributed by atoms with van der Waals surface area (Å²) in [7, 11) is 0. The van der Waals surface area contributed by atoms with Crippen LogP contribution >= 0.6 is 0 Å². The fraction of sp³-hybridized carbons (Fsp3) is 0.552. The molecule has 5 rings (SSSR count). The quantitative estimate of drug-likeness (QED) is 0.323. The zero-order chi connectivity index (χ0) is 28.8. The second-order valence-corrected chi connectivity index (χ2v) is 10.9. The van der Waals surface area contributed by atoms with E-state index < -0.39 is 24.1 Å². The second-order valence-electron chi connectivity index (χ2n) is 10.9. The smallest absolute Gasteiger partial charge is 0.335 e. The van der Waals surface area contributed by atoms with E-state index >= 15 is 0 Å². The van der Waals surface area contributed by atoms with Crippen LogP contribution in [0.15, 0.2) is 42.6 Å². The largest absolute Gasteiger partial charge is 0.479 e. The van der Waals surface area contributed by atoms with Gasteiger partial charge in [-0.15, -0.1) is 0 Å². The maximum atomic E-state index is 13.6. The molecular formula is C29H37FN2O8. The number of aliphatic hydroxyl groups is 2. The van der Waals surface area contributed by atoms with Gasteiger partial charge >= 0.3 is 11.9 Å². The number of hydrogen-bond donors (Lipinski definition) is 5. The summed E-state index contributed by atoms with van der Waals surface area (Å²) in [6.07, 6.45) is 3.76. The van der Waals surface area contributed by atoms with E-state index in [2.05, 4.69) is 34.6 Å². The number of pyridine rings is 1. The van der Waals surface area contributed by atoms with E-state index in [1.165, 1.54) is 17.3 Å². The number of carbonyl (C=O) groups is 2. The minimum absolute atomic E-state index is 0.0816. The Labute approximate surface area is 232 Å². The maximum absolute atomic E-state index is 13.6. The van der Waals surface area contributed by atoms with Crippen molar-refractivity contribution in [3.8, 4) is 0 Å². The number of aliphatic hydroxyl groups excluding tert-OH is 2. The first-order valence-corrected chi connectivity index (χ1v) is 13.6. The van der Waals surface area contributed by atoms with Gasteiger partial charge in [-0.25, -0.2) is 14.0 Å². The lowest BCUT2D eigenvalue weighted by Gasteiger charge is -2.49. The molecule has 1 spiro atoms. The molecule has 0 radical (unpaired) electrons. The number of rotatable bonds is 8. The summed E-state index contributed by atoms with van der Waals surface area (Å²) in [5.74, 6) is -3.81. The first-order valence-electron chi connectivity index (χ1n) is 13.6. The Morgan fingerprint density at radius 2 is 1.60 bits per heavy atom. The molecule has 11 heteroatoms. The Balaban J connectivity index is 0.000000318. The molecule has 1 aromatic carbocycles. The Hall–Kier alpha value is -2.96. The third-order valence-corrected chi connectivity index (χ3v) is 8.22. The molecule has 0 unspecified atom stereocenters. The molecule has 218 valence electrons. The topological polar surface area (TPSA) is 158 Å². The van der Waals surface area contributed by atoms with Crippen molar-refractivity contribution in [2.24, 2.45) is 0 Å². The second kappa shape index (κ2) is 13.1. The Morgan fingerprint density at radius 1 is 0.975 bits per heavy atom. The summed E-state index contributed by atoms with van der Waals surface area (Å²) in [6, 6.07) is 12.7. The summed E-state index contributed by atoms with van der Waals surface area (Å²) in [4.78, 5) is 24.1. The van der Waals surface area contributed by atoms with Gasteiger partial charge in [-0.1, -0.05) is 24.3 Å². The number of nitrogens with one attached hydrogen (secondary N) is 1.